The van der Waals surface area contributed by atoms with Crippen LogP contribution in [0.2, 0.25) is 0 Å². The van der Waals surface area contributed by atoms with Crippen molar-refractivity contribution in [3.05, 3.63) is 24.2 Å². The Morgan fingerprint density at radius 2 is 2.20 bits per heavy atom. The van der Waals surface area contributed by atoms with Crippen LogP contribution in [0, 0.1) is 6.92 Å². The van der Waals surface area contributed by atoms with Crippen LogP contribution >= 0.6 is 0 Å². The van der Waals surface area contributed by atoms with Gasteiger partial charge in [0.05, 0.1) is 31.6 Å². The standard InChI is InChI=1S/C13H19N5O2/c1-4-20-12-7-10(2)15-13(17-12)16-11-8-14-18(9-11)5-6-19-3/h7-9H,4-6H2,1-3H3,(H,15,16,17). The Bertz CT molecular complexity index is 555. The quantitative estimate of drug-likeness (QED) is 0.831. The first-order valence-corrected chi connectivity index (χ1v) is 6.48. The van der Waals surface area contributed by atoms with E-state index in [4.69, 9.17) is 9.47 Å². The Balaban J connectivity index is 2.07. The molecule has 0 aliphatic carbocycles. The average Bonchev–Trinajstić information content (AvgIpc) is 2.83. The van der Waals surface area contributed by atoms with Gasteiger partial charge in [0.2, 0.25) is 11.8 Å². The summed E-state index contributed by atoms with van der Waals surface area (Å²) in [4.78, 5) is 8.60. The van der Waals surface area contributed by atoms with Crippen molar-refractivity contribution in [2.75, 3.05) is 25.6 Å². The number of rotatable bonds is 7. The van der Waals surface area contributed by atoms with Gasteiger partial charge in [0.25, 0.3) is 0 Å². The second kappa shape index (κ2) is 6.85. The molecule has 0 aliphatic rings. The lowest BCUT2D eigenvalue weighted by Gasteiger charge is -2.06. The lowest BCUT2D eigenvalue weighted by Crippen LogP contribution is -2.04. The fraction of sp³-hybridized carbons (Fsp3) is 0.462. The van der Waals surface area contributed by atoms with E-state index in [1.54, 1.807) is 24.1 Å². The fourth-order valence-electron chi connectivity index (χ4n) is 1.68. The number of aromatic nitrogens is 4. The van der Waals surface area contributed by atoms with E-state index in [-0.39, 0.29) is 0 Å². The van der Waals surface area contributed by atoms with Crippen molar-refractivity contribution in [1.29, 1.82) is 0 Å². The van der Waals surface area contributed by atoms with Crippen LogP contribution in [0.15, 0.2) is 18.5 Å². The predicted molar refractivity (Wildman–Crippen MR) is 75.3 cm³/mol. The number of anilines is 2. The van der Waals surface area contributed by atoms with Crippen LogP contribution in [-0.4, -0.2) is 40.1 Å². The molecule has 2 aromatic rings. The van der Waals surface area contributed by atoms with Crippen LogP contribution in [0.4, 0.5) is 11.6 Å². The molecule has 2 aromatic heterocycles. The molecule has 2 rings (SSSR count). The molecule has 0 fully saturated rings. The molecule has 108 valence electrons. The lowest BCUT2D eigenvalue weighted by molar-refractivity contribution is 0.183. The topological polar surface area (TPSA) is 74.1 Å². The summed E-state index contributed by atoms with van der Waals surface area (Å²) in [5.74, 6) is 1.06. The molecule has 0 unspecified atom stereocenters. The zero-order valence-electron chi connectivity index (χ0n) is 12.0. The molecular formula is C13H19N5O2. The molecular weight excluding hydrogens is 258 g/mol. The normalized spacial score (nSPS) is 10.6. The lowest BCUT2D eigenvalue weighted by atomic mass is 10.4. The molecule has 0 bridgehead atoms. The first kappa shape index (κ1) is 14.3. The van der Waals surface area contributed by atoms with Crippen LogP contribution in [0.5, 0.6) is 5.88 Å². The summed E-state index contributed by atoms with van der Waals surface area (Å²) in [5, 5.41) is 7.33. The zero-order chi connectivity index (χ0) is 14.4. The van der Waals surface area contributed by atoms with Crippen molar-refractivity contribution < 1.29 is 9.47 Å². The van der Waals surface area contributed by atoms with Crippen LogP contribution in [0.3, 0.4) is 0 Å². The minimum Gasteiger partial charge on any atom is -0.478 e. The fourth-order valence-corrected chi connectivity index (χ4v) is 1.68. The van der Waals surface area contributed by atoms with Gasteiger partial charge in [-0.3, -0.25) is 4.68 Å². The van der Waals surface area contributed by atoms with Crippen molar-refractivity contribution in [1.82, 2.24) is 19.7 Å². The summed E-state index contributed by atoms with van der Waals surface area (Å²) in [5.41, 5.74) is 1.67. The highest BCUT2D eigenvalue weighted by molar-refractivity contribution is 5.51. The van der Waals surface area contributed by atoms with Gasteiger partial charge in [-0.05, 0) is 13.8 Å². The predicted octanol–water partition coefficient (Wildman–Crippen LogP) is 1.77. The summed E-state index contributed by atoms with van der Waals surface area (Å²) < 4.78 is 12.2. The Morgan fingerprint density at radius 3 is 2.95 bits per heavy atom. The third-order valence-corrected chi connectivity index (χ3v) is 2.54. The highest BCUT2D eigenvalue weighted by Crippen LogP contribution is 2.16. The molecule has 20 heavy (non-hydrogen) atoms. The summed E-state index contributed by atoms with van der Waals surface area (Å²) in [7, 11) is 1.67. The van der Waals surface area contributed by atoms with E-state index in [1.165, 1.54) is 0 Å². The third kappa shape index (κ3) is 3.92. The van der Waals surface area contributed by atoms with Gasteiger partial charge in [0.15, 0.2) is 0 Å². The van der Waals surface area contributed by atoms with Crippen LogP contribution < -0.4 is 10.1 Å². The largest absolute Gasteiger partial charge is 0.478 e. The van der Waals surface area contributed by atoms with Crippen molar-refractivity contribution in [2.24, 2.45) is 0 Å². The maximum absolute atomic E-state index is 5.39. The van der Waals surface area contributed by atoms with Gasteiger partial charge in [-0.25, -0.2) is 4.98 Å². The van der Waals surface area contributed by atoms with Crippen LogP contribution in [0.25, 0.3) is 0 Å². The van der Waals surface area contributed by atoms with Crippen molar-refractivity contribution in [3.63, 3.8) is 0 Å². The Labute approximate surface area is 118 Å². The molecule has 7 nitrogen and oxygen atoms in total. The van der Waals surface area contributed by atoms with E-state index in [0.29, 0.717) is 31.6 Å². The first-order valence-electron chi connectivity index (χ1n) is 6.48. The Hall–Kier alpha value is -2.15. The van der Waals surface area contributed by atoms with Crippen molar-refractivity contribution >= 4 is 11.6 Å². The van der Waals surface area contributed by atoms with Gasteiger partial charge in [-0.1, -0.05) is 0 Å². The second-order valence-electron chi connectivity index (χ2n) is 4.21. The maximum Gasteiger partial charge on any atom is 0.230 e. The molecule has 0 spiro atoms. The van der Waals surface area contributed by atoms with E-state index < -0.39 is 0 Å². The van der Waals surface area contributed by atoms with Gasteiger partial charge in [0, 0.05) is 25.1 Å². The molecule has 0 saturated heterocycles. The van der Waals surface area contributed by atoms with E-state index in [9.17, 15) is 0 Å². The third-order valence-electron chi connectivity index (χ3n) is 2.54. The van der Waals surface area contributed by atoms with Crippen LogP contribution in [0.1, 0.15) is 12.6 Å². The molecule has 1 N–H and O–H groups in total. The maximum atomic E-state index is 5.39. The van der Waals surface area contributed by atoms with Gasteiger partial charge in [0.1, 0.15) is 0 Å². The average molecular weight is 277 g/mol. The number of hydrogen-bond acceptors (Lipinski definition) is 6. The molecule has 0 aromatic carbocycles. The summed E-state index contributed by atoms with van der Waals surface area (Å²) in [6.45, 7) is 5.72. The minimum atomic E-state index is 0.500. The number of ether oxygens (including phenoxy) is 2. The van der Waals surface area contributed by atoms with E-state index in [2.05, 4.69) is 20.4 Å². The van der Waals surface area contributed by atoms with Gasteiger partial charge in [-0.15, -0.1) is 0 Å². The summed E-state index contributed by atoms with van der Waals surface area (Å²) in [6, 6.07) is 1.80. The van der Waals surface area contributed by atoms with E-state index >= 15 is 0 Å². The highest BCUT2D eigenvalue weighted by atomic mass is 16.5. The molecule has 2 heterocycles. The van der Waals surface area contributed by atoms with Gasteiger partial charge >= 0.3 is 0 Å². The zero-order valence-corrected chi connectivity index (χ0v) is 12.0. The summed E-state index contributed by atoms with van der Waals surface area (Å²) in [6.07, 6.45) is 3.60. The number of aryl methyl sites for hydroxylation is 1. The number of hydrogen-bond donors (Lipinski definition) is 1. The number of methoxy groups -OCH3 is 1. The first-order chi connectivity index (χ1) is 9.71. The monoisotopic (exact) mass is 277 g/mol. The smallest absolute Gasteiger partial charge is 0.230 e. The van der Waals surface area contributed by atoms with Crippen LogP contribution in [-0.2, 0) is 11.3 Å². The second-order valence-corrected chi connectivity index (χ2v) is 4.21. The van der Waals surface area contributed by atoms with Crippen molar-refractivity contribution in [3.8, 4) is 5.88 Å². The molecule has 0 amide bonds. The Kier molecular flexibility index (Phi) is 4.89. The van der Waals surface area contributed by atoms with E-state index in [1.807, 2.05) is 20.0 Å². The van der Waals surface area contributed by atoms with E-state index in [0.717, 1.165) is 11.4 Å². The Morgan fingerprint density at radius 1 is 1.35 bits per heavy atom. The molecule has 0 aliphatic heterocycles. The minimum absolute atomic E-state index is 0.500. The molecule has 7 heteroatoms. The number of nitrogens with zero attached hydrogens (tertiary/aromatic N) is 4. The van der Waals surface area contributed by atoms with Crippen molar-refractivity contribution in [2.45, 2.75) is 20.4 Å². The molecule has 0 atom stereocenters. The number of nitrogens with one attached hydrogen (secondary N) is 1. The highest BCUT2D eigenvalue weighted by Gasteiger charge is 2.05. The van der Waals surface area contributed by atoms with Gasteiger partial charge < -0.3 is 14.8 Å². The molecule has 0 radical (unpaired) electrons. The molecule has 0 saturated carbocycles. The van der Waals surface area contributed by atoms with Gasteiger partial charge in [-0.2, -0.15) is 10.1 Å². The summed E-state index contributed by atoms with van der Waals surface area (Å²) >= 11 is 0. The SMILES string of the molecule is CCOc1cc(C)nc(Nc2cnn(CCOC)c2)n1.